The monoisotopic (exact) mass is 370 g/mol. The van der Waals surface area contributed by atoms with E-state index in [9.17, 15) is 4.79 Å². The molecule has 1 unspecified atom stereocenters. The van der Waals surface area contributed by atoms with Crippen LogP contribution in [0.25, 0.3) is 5.69 Å². The van der Waals surface area contributed by atoms with E-state index in [0.717, 1.165) is 22.7 Å². The van der Waals surface area contributed by atoms with Crippen LogP contribution in [0.15, 0.2) is 30.5 Å². The molecule has 5 nitrogen and oxygen atoms in total. The summed E-state index contributed by atoms with van der Waals surface area (Å²) in [6, 6.07) is 7.99. The van der Waals surface area contributed by atoms with E-state index in [0.29, 0.717) is 26.2 Å². The molecule has 1 aromatic heterocycles. The summed E-state index contributed by atoms with van der Waals surface area (Å²) < 4.78 is 13.6. The van der Waals surface area contributed by atoms with Crippen LogP contribution in [0.5, 0.6) is 5.75 Å². The molecule has 1 aliphatic carbocycles. The summed E-state index contributed by atoms with van der Waals surface area (Å²) in [5.74, 6) is 0.542. The first-order valence-electron chi connectivity index (χ1n) is 9.60. The van der Waals surface area contributed by atoms with Gasteiger partial charge in [-0.1, -0.05) is 19.9 Å². The molecule has 1 heterocycles. The Balaban J connectivity index is 2.21. The fourth-order valence-corrected chi connectivity index (χ4v) is 4.47. The van der Waals surface area contributed by atoms with E-state index in [2.05, 4.69) is 24.6 Å². The first-order chi connectivity index (χ1) is 12.7. The molecule has 0 saturated carbocycles. The van der Waals surface area contributed by atoms with E-state index in [1.54, 1.807) is 0 Å². The van der Waals surface area contributed by atoms with Gasteiger partial charge in [-0.2, -0.15) is 0 Å². The topological polar surface area (TPSA) is 66.5 Å². The van der Waals surface area contributed by atoms with Crippen LogP contribution in [0.3, 0.4) is 0 Å². The zero-order chi connectivity index (χ0) is 19.8. The van der Waals surface area contributed by atoms with Crippen molar-refractivity contribution in [2.45, 2.75) is 58.5 Å². The summed E-state index contributed by atoms with van der Waals surface area (Å²) in [6.07, 6.45) is 2.77. The lowest BCUT2D eigenvalue weighted by Gasteiger charge is -2.26. The molecule has 1 amide bonds. The average molecular weight is 370 g/mol. The largest absolute Gasteiger partial charge is 0.494 e. The standard InChI is InChI=1S/C22H30N2O3/c1-6-26-13-18-19-17(22(5,20(23)25)14-21(19,3)4)12-24(18)15-9-8-10-16(11-15)27-7-2/h8-12H,6-7,13-14H2,1-5H3,(H2,23,25). The van der Waals surface area contributed by atoms with Crippen molar-refractivity contribution in [1.82, 2.24) is 4.57 Å². The van der Waals surface area contributed by atoms with Gasteiger partial charge in [-0.3, -0.25) is 4.79 Å². The van der Waals surface area contributed by atoms with Gasteiger partial charge in [0.15, 0.2) is 0 Å². The second kappa shape index (κ2) is 7.04. The summed E-state index contributed by atoms with van der Waals surface area (Å²) >= 11 is 0. The third-order valence-electron chi connectivity index (χ3n) is 5.57. The van der Waals surface area contributed by atoms with Gasteiger partial charge in [-0.25, -0.2) is 0 Å². The van der Waals surface area contributed by atoms with Crippen molar-refractivity contribution in [2.75, 3.05) is 13.2 Å². The van der Waals surface area contributed by atoms with Crippen molar-refractivity contribution in [1.29, 1.82) is 0 Å². The Morgan fingerprint density at radius 2 is 1.96 bits per heavy atom. The second-order valence-corrected chi connectivity index (χ2v) is 8.06. The third kappa shape index (κ3) is 3.25. The maximum atomic E-state index is 12.3. The molecule has 1 aliphatic rings. The molecular formula is C22H30N2O3. The molecule has 0 spiro atoms. The van der Waals surface area contributed by atoms with Gasteiger partial charge in [0, 0.05) is 24.6 Å². The average Bonchev–Trinajstić information content (AvgIpc) is 3.09. The number of carbonyl (C=O) groups excluding carboxylic acids is 1. The van der Waals surface area contributed by atoms with Crippen LogP contribution in [0.2, 0.25) is 0 Å². The molecule has 3 rings (SSSR count). The van der Waals surface area contributed by atoms with Crippen LogP contribution >= 0.6 is 0 Å². The molecule has 0 radical (unpaired) electrons. The number of benzene rings is 1. The number of nitrogens with zero attached hydrogens (tertiary/aromatic N) is 1. The molecule has 0 bridgehead atoms. The Morgan fingerprint density at radius 1 is 1.22 bits per heavy atom. The minimum absolute atomic E-state index is 0.158. The van der Waals surface area contributed by atoms with Crippen LogP contribution in [0.1, 0.15) is 57.9 Å². The lowest BCUT2D eigenvalue weighted by atomic mass is 9.79. The number of hydrogen-bond donors (Lipinski definition) is 1. The Bertz CT molecular complexity index is 853. The minimum Gasteiger partial charge on any atom is -0.494 e. The fourth-order valence-electron chi connectivity index (χ4n) is 4.47. The number of amides is 1. The van der Waals surface area contributed by atoms with Crippen molar-refractivity contribution in [3.63, 3.8) is 0 Å². The lowest BCUT2D eigenvalue weighted by Crippen LogP contribution is -2.37. The van der Waals surface area contributed by atoms with Gasteiger partial charge in [0.1, 0.15) is 5.75 Å². The van der Waals surface area contributed by atoms with Crippen molar-refractivity contribution < 1.29 is 14.3 Å². The zero-order valence-corrected chi connectivity index (χ0v) is 17.0. The number of aromatic nitrogens is 1. The minimum atomic E-state index is -0.678. The van der Waals surface area contributed by atoms with Gasteiger partial charge in [-0.15, -0.1) is 0 Å². The van der Waals surface area contributed by atoms with E-state index in [1.807, 2.05) is 45.0 Å². The molecule has 1 aromatic carbocycles. The van der Waals surface area contributed by atoms with Crippen LogP contribution < -0.4 is 10.5 Å². The molecule has 146 valence electrons. The molecule has 5 heteroatoms. The molecule has 0 fully saturated rings. The Kier molecular flexibility index (Phi) is 5.08. The number of carbonyl (C=O) groups is 1. The van der Waals surface area contributed by atoms with Crippen LogP contribution in [0.4, 0.5) is 0 Å². The van der Waals surface area contributed by atoms with Crippen molar-refractivity contribution >= 4 is 5.91 Å². The normalized spacial score (nSPS) is 20.5. The highest BCUT2D eigenvalue weighted by Crippen LogP contribution is 2.52. The number of rotatable bonds is 7. The zero-order valence-electron chi connectivity index (χ0n) is 17.0. The van der Waals surface area contributed by atoms with Gasteiger partial charge in [0.2, 0.25) is 5.91 Å². The molecule has 2 aromatic rings. The second-order valence-electron chi connectivity index (χ2n) is 8.06. The molecule has 27 heavy (non-hydrogen) atoms. The van der Waals surface area contributed by atoms with Gasteiger partial charge in [-0.05, 0) is 55.9 Å². The summed E-state index contributed by atoms with van der Waals surface area (Å²) in [5, 5.41) is 0. The molecule has 0 saturated heterocycles. The van der Waals surface area contributed by atoms with Crippen molar-refractivity contribution in [2.24, 2.45) is 5.73 Å². The maximum absolute atomic E-state index is 12.3. The molecule has 2 N–H and O–H groups in total. The quantitative estimate of drug-likeness (QED) is 0.805. The predicted molar refractivity (Wildman–Crippen MR) is 106 cm³/mol. The van der Waals surface area contributed by atoms with E-state index < -0.39 is 5.41 Å². The van der Waals surface area contributed by atoms with Crippen LogP contribution in [-0.4, -0.2) is 23.7 Å². The summed E-state index contributed by atoms with van der Waals surface area (Å²) in [5.41, 5.74) is 9.26. The SMILES string of the molecule is CCOCc1c2c(cn1-c1cccc(OCC)c1)C(C)(C(N)=O)CC2(C)C. The van der Waals surface area contributed by atoms with Crippen LogP contribution in [-0.2, 0) is 27.0 Å². The van der Waals surface area contributed by atoms with E-state index in [4.69, 9.17) is 15.2 Å². The number of nitrogens with two attached hydrogens (primary N) is 1. The van der Waals surface area contributed by atoms with Gasteiger partial charge in [0.05, 0.1) is 24.3 Å². The summed E-state index contributed by atoms with van der Waals surface area (Å²) in [7, 11) is 0. The van der Waals surface area contributed by atoms with Crippen molar-refractivity contribution in [3.05, 3.63) is 47.3 Å². The number of ether oxygens (including phenoxy) is 2. The molecule has 1 atom stereocenters. The first-order valence-corrected chi connectivity index (χ1v) is 9.60. The Hall–Kier alpha value is -2.27. The third-order valence-corrected chi connectivity index (χ3v) is 5.57. The summed E-state index contributed by atoms with van der Waals surface area (Å²) in [4.78, 5) is 12.3. The Morgan fingerprint density at radius 3 is 2.59 bits per heavy atom. The van der Waals surface area contributed by atoms with Crippen LogP contribution in [0, 0.1) is 0 Å². The van der Waals surface area contributed by atoms with E-state index in [-0.39, 0.29) is 11.3 Å². The first kappa shape index (κ1) is 19.5. The Labute approximate surface area is 161 Å². The highest BCUT2D eigenvalue weighted by Gasteiger charge is 2.51. The van der Waals surface area contributed by atoms with E-state index >= 15 is 0 Å². The predicted octanol–water partition coefficient (Wildman–Crippen LogP) is 3.84. The number of primary amides is 1. The highest BCUT2D eigenvalue weighted by atomic mass is 16.5. The van der Waals surface area contributed by atoms with Gasteiger partial charge < -0.3 is 19.8 Å². The lowest BCUT2D eigenvalue weighted by molar-refractivity contribution is -0.123. The molecular weight excluding hydrogens is 340 g/mol. The smallest absolute Gasteiger partial charge is 0.227 e. The summed E-state index contributed by atoms with van der Waals surface area (Å²) in [6.45, 7) is 12.0. The highest BCUT2D eigenvalue weighted by molar-refractivity contribution is 5.88. The van der Waals surface area contributed by atoms with Crippen molar-refractivity contribution in [3.8, 4) is 11.4 Å². The van der Waals surface area contributed by atoms with Gasteiger partial charge >= 0.3 is 0 Å². The van der Waals surface area contributed by atoms with E-state index in [1.165, 1.54) is 5.56 Å². The molecule has 0 aliphatic heterocycles. The number of hydrogen-bond acceptors (Lipinski definition) is 3. The fraction of sp³-hybridized carbons (Fsp3) is 0.500. The number of fused-ring (bicyclic) bond motifs is 1. The van der Waals surface area contributed by atoms with Gasteiger partial charge in [0.25, 0.3) is 0 Å². The maximum Gasteiger partial charge on any atom is 0.227 e.